The Hall–Kier alpha value is -0.890. The van der Waals surface area contributed by atoms with Crippen LogP contribution in [0.15, 0.2) is 12.1 Å². The Morgan fingerprint density at radius 1 is 1.21 bits per heavy atom. The van der Waals surface area contributed by atoms with Crippen molar-refractivity contribution in [1.82, 2.24) is 0 Å². The number of unbranched alkanes of at least 4 members (excludes halogenated alkanes) is 1. The van der Waals surface area contributed by atoms with Crippen LogP contribution in [0, 0.1) is 19.7 Å². The molecule has 0 spiro atoms. The molecule has 0 aromatic heterocycles. The van der Waals surface area contributed by atoms with E-state index in [1.165, 1.54) is 0 Å². The van der Waals surface area contributed by atoms with Crippen molar-refractivity contribution in [1.29, 1.82) is 0 Å². The lowest BCUT2D eigenvalue weighted by Gasteiger charge is -2.07. The van der Waals surface area contributed by atoms with Crippen LogP contribution in [0.3, 0.4) is 0 Å². The van der Waals surface area contributed by atoms with Crippen molar-refractivity contribution < 1.29 is 4.39 Å². The molecule has 2 N–H and O–H groups in total. The minimum Gasteiger partial charge on any atom is -0.330 e. The molecule has 0 heterocycles. The van der Waals surface area contributed by atoms with Crippen molar-refractivity contribution >= 4 is 0 Å². The number of halogens is 1. The molecule has 1 nitrogen and oxygen atoms in total. The molecular formula is C12H18FN. The van der Waals surface area contributed by atoms with Gasteiger partial charge in [-0.15, -0.1) is 0 Å². The summed E-state index contributed by atoms with van der Waals surface area (Å²) in [5.74, 6) is -0.0485. The Kier molecular flexibility index (Phi) is 4.08. The molecule has 2 heteroatoms. The van der Waals surface area contributed by atoms with Crippen molar-refractivity contribution in [2.24, 2.45) is 5.73 Å². The van der Waals surface area contributed by atoms with Crippen LogP contribution < -0.4 is 5.73 Å². The van der Waals surface area contributed by atoms with Crippen molar-refractivity contribution in [3.05, 3.63) is 34.6 Å². The van der Waals surface area contributed by atoms with Gasteiger partial charge in [0.1, 0.15) is 5.82 Å². The van der Waals surface area contributed by atoms with Gasteiger partial charge in [0.25, 0.3) is 0 Å². The summed E-state index contributed by atoms with van der Waals surface area (Å²) in [5.41, 5.74) is 8.10. The highest BCUT2D eigenvalue weighted by Crippen LogP contribution is 2.17. The standard InChI is InChI=1S/C12H18FN/c1-9-7-10(2)12(13)11(8-9)5-3-4-6-14/h7-8H,3-6,14H2,1-2H3. The van der Waals surface area contributed by atoms with E-state index in [1.54, 1.807) is 0 Å². The van der Waals surface area contributed by atoms with Crippen LogP contribution in [-0.4, -0.2) is 6.54 Å². The third-order valence-corrected chi connectivity index (χ3v) is 2.37. The third-order valence-electron chi connectivity index (χ3n) is 2.37. The van der Waals surface area contributed by atoms with E-state index in [1.807, 2.05) is 26.0 Å². The lowest BCUT2D eigenvalue weighted by atomic mass is 10.0. The number of hydrogen-bond acceptors (Lipinski definition) is 1. The predicted octanol–water partition coefficient (Wildman–Crippen LogP) is 2.72. The zero-order valence-electron chi connectivity index (χ0n) is 8.94. The Balaban J connectivity index is 2.75. The van der Waals surface area contributed by atoms with Crippen LogP contribution >= 0.6 is 0 Å². The van der Waals surface area contributed by atoms with Crippen LogP contribution in [0.4, 0.5) is 4.39 Å². The molecule has 0 radical (unpaired) electrons. The first kappa shape index (κ1) is 11.2. The minimum atomic E-state index is -0.0485. The highest BCUT2D eigenvalue weighted by atomic mass is 19.1. The molecule has 0 aliphatic heterocycles. The molecule has 78 valence electrons. The normalized spacial score (nSPS) is 10.6. The smallest absolute Gasteiger partial charge is 0.129 e. The zero-order chi connectivity index (χ0) is 10.6. The number of aryl methyl sites for hydroxylation is 3. The first-order chi connectivity index (χ1) is 6.65. The molecule has 0 atom stereocenters. The van der Waals surface area contributed by atoms with E-state index in [0.717, 1.165) is 36.0 Å². The van der Waals surface area contributed by atoms with E-state index in [9.17, 15) is 4.39 Å². The SMILES string of the molecule is Cc1cc(C)c(F)c(CCCCN)c1. The predicted molar refractivity (Wildman–Crippen MR) is 57.9 cm³/mol. The fraction of sp³-hybridized carbons (Fsp3) is 0.500. The summed E-state index contributed by atoms with van der Waals surface area (Å²) in [6.07, 6.45) is 2.73. The lowest BCUT2D eigenvalue weighted by Crippen LogP contribution is -2.01. The summed E-state index contributed by atoms with van der Waals surface area (Å²) in [4.78, 5) is 0. The van der Waals surface area contributed by atoms with Gasteiger partial charge in [0.15, 0.2) is 0 Å². The fourth-order valence-corrected chi connectivity index (χ4v) is 1.68. The van der Waals surface area contributed by atoms with E-state index < -0.39 is 0 Å². The topological polar surface area (TPSA) is 26.0 Å². The largest absolute Gasteiger partial charge is 0.330 e. The molecule has 1 aromatic rings. The van der Waals surface area contributed by atoms with Crippen LogP contribution in [0.25, 0.3) is 0 Å². The van der Waals surface area contributed by atoms with E-state index in [4.69, 9.17) is 5.73 Å². The summed E-state index contributed by atoms with van der Waals surface area (Å²) in [6, 6.07) is 3.81. The molecule has 14 heavy (non-hydrogen) atoms. The van der Waals surface area contributed by atoms with Crippen LogP contribution in [-0.2, 0) is 6.42 Å². The van der Waals surface area contributed by atoms with Crippen molar-refractivity contribution in [3.63, 3.8) is 0 Å². The van der Waals surface area contributed by atoms with E-state index in [2.05, 4.69) is 0 Å². The van der Waals surface area contributed by atoms with Gasteiger partial charge in [-0.2, -0.15) is 0 Å². The van der Waals surface area contributed by atoms with Gasteiger partial charge in [0.05, 0.1) is 0 Å². The summed E-state index contributed by atoms with van der Waals surface area (Å²) >= 11 is 0. The van der Waals surface area contributed by atoms with Crippen molar-refractivity contribution in [3.8, 4) is 0 Å². The molecule has 0 saturated carbocycles. The average Bonchev–Trinajstić information content (AvgIpc) is 2.13. The number of hydrogen-bond donors (Lipinski definition) is 1. The second kappa shape index (κ2) is 5.11. The molecule has 0 fully saturated rings. The van der Waals surface area contributed by atoms with Gasteiger partial charge >= 0.3 is 0 Å². The monoisotopic (exact) mass is 195 g/mol. The Bertz CT molecular complexity index is 307. The molecule has 1 rings (SSSR count). The maximum atomic E-state index is 13.6. The van der Waals surface area contributed by atoms with Gasteiger partial charge in [0.2, 0.25) is 0 Å². The Morgan fingerprint density at radius 2 is 1.93 bits per heavy atom. The van der Waals surface area contributed by atoms with Crippen molar-refractivity contribution in [2.45, 2.75) is 33.1 Å². The van der Waals surface area contributed by atoms with Gasteiger partial charge in [0, 0.05) is 0 Å². The molecule has 0 aliphatic rings. The van der Waals surface area contributed by atoms with Gasteiger partial charge in [-0.05, 0) is 50.8 Å². The van der Waals surface area contributed by atoms with Crippen LogP contribution in [0.1, 0.15) is 29.5 Å². The summed E-state index contributed by atoms with van der Waals surface area (Å²) in [6.45, 7) is 4.50. The Labute approximate surface area is 85.1 Å². The first-order valence-electron chi connectivity index (χ1n) is 5.11. The Morgan fingerprint density at radius 3 is 2.57 bits per heavy atom. The van der Waals surface area contributed by atoms with E-state index >= 15 is 0 Å². The molecule has 0 aliphatic carbocycles. The highest BCUT2D eigenvalue weighted by molar-refractivity contribution is 5.30. The molecular weight excluding hydrogens is 177 g/mol. The number of rotatable bonds is 4. The van der Waals surface area contributed by atoms with Gasteiger partial charge in [-0.1, -0.05) is 17.7 Å². The first-order valence-corrected chi connectivity index (χ1v) is 5.11. The summed E-state index contributed by atoms with van der Waals surface area (Å²) in [5, 5.41) is 0. The lowest BCUT2D eigenvalue weighted by molar-refractivity contribution is 0.592. The van der Waals surface area contributed by atoms with E-state index in [-0.39, 0.29) is 5.82 Å². The second-order valence-corrected chi connectivity index (χ2v) is 3.80. The number of benzene rings is 1. The molecule has 1 aromatic carbocycles. The maximum absolute atomic E-state index is 13.6. The maximum Gasteiger partial charge on any atom is 0.129 e. The van der Waals surface area contributed by atoms with Crippen molar-refractivity contribution in [2.75, 3.05) is 6.54 Å². The van der Waals surface area contributed by atoms with Crippen LogP contribution in [0.5, 0.6) is 0 Å². The molecule has 0 amide bonds. The summed E-state index contributed by atoms with van der Waals surface area (Å²) < 4.78 is 13.6. The molecule has 0 saturated heterocycles. The minimum absolute atomic E-state index is 0.0485. The summed E-state index contributed by atoms with van der Waals surface area (Å²) in [7, 11) is 0. The van der Waals surface area contributed by atoms with Gasteiger partial charge in [-0.3, -0.25) is 0 Å². The fourth-order valence-electron chi connectivity index (χ4n) is 1.68. The average molecular weight is 195 g/mol. The zero-order valence-corrected chi connectivity index (χ0v) is 8.94. The van der Waals surface area contributed by atoms with Gasteiger partial charge in [-0.25, -0.2) is 4.39 Å². The number of nitrogens with two attached hydrogens (primary N) is 1. The highest BCUT2D eigenvalue weighted by Gasteiger charge is 2.05. The van der Waals surface area contributed by atoms with Gasteiger partial charge < -0.3 is 5.73 Å². The quantitative estimate of drug-likeness (QED) is 0.734. The molecule has 0 bridgehead atoms. The molecule has 0 unspecified atom stereocenters. The second-order valence-electron chi connectivity index (χ2n) is 3.80. The third kappa shape index (κ3) is 2.81. The van der Waals surface area contributed by atoms with E-state index in [0.29, 0.717) is 6.54 Å². The van der Waals surface area contributed by atoms with Crippen LogP contribution in [0.2, 0.25) is 0 Å².